The standard InChI is InChI=1S/C10H7ClIN3O/c11-8-3-1-7(2-4-8)9(16)5-15-6-13-10(12)14-15/h1-4,6H,5H2. The Bertz CT molecular complexity index is 509. The molecule has 0 amide bonds. The number of benzene rings is 1. The molecule has 2 aromatic rings. The Kier molecular flexibility index (Phi) is 3.55. The monoisotopic (exact) mass is 347 g/mol. The molecule has 0 spiro atoms. The minimum atomic E-state index is -0.0158. The summed E-state index contributed by atoms with van der Waals surface area (Å²) in [6.45, 7) is 0.192. The maximum Gasteiger partial charge on any atom is 0.211 e. The lowest BCUT2D eigenvalue weighted by atomic mass is 10.1. The Balaban J connectivity index is 2.11. The van der Waals surface area contributed by atoms with Gasteiger partial charge in [-0.15, -0.1) is 5.10 Å². The first-order chi connectivity index (χ1) is 7.65. The molecule has 1 aromatic carbocycles. The Morgan fingerprint density at radius 1 is 1.38 bits per heavy atom. The van der Waals surface area contributed by atoms with Gasteiger partial charge in [0.1, 0.15) is 12.9 Å². The van der Waals surface area contributed by atoms with Crippen LogP contribution in [0.5, 0.6) is 0 Å². The van der Waals surface area contributed by atoms with Gasteiger partial charge in [-0.25, -0.2) is 9.67 Å². The van der Waals surface area contributed by atoms with Crippen molar-refractivity contribution < 1.29 is 4.79 Å². The molecule has 1 heterocycles. The number of ketones is 1. The zero-order valence-corrected chi connectivity index (χ0v) is 11.0. The van der Waals surface area contributed by atoms with Gasteiger partial charge in [0.15, 0.2) is 5.78 Å². The first kappa shape index (κ1) is 11.5. The molecule has 0 unspecified atom stereocenters. The number of nitrogens with zero attached hydrogens (tertiary/aromatic N) is 3. The molecule has 0 fully saturated rings. The lowest BCUT2D eigenvalue weighted by molar-refractivity contribution is 0.0967. The Labute approximate surface area is 111 Å². The highest BCUT2D eigenvalue weighted by Gasteiger charge is 2.07. The average Bonchev–Trinajstić information content (AvgIpc) is 2.65. The van der Waals surface area contributed by atoms with E-state index in [1.165, 1.54) is 11.0 Å². The fourth-order valence-electron chi connectivity index (χ4n) is 1.22. The fraction of sp³-hybridized carbons (Fsp3) is 0.100. The van der Waals surface area contributed by atoms with Crippen LogP contribution in [0, 0.1) is 3.83 Å². The van der Waals surface area contributed by atoms with E-state index in [0.29, 0.717) is 14.4 Å². The molecule has 0 saturated heterocycles. The number of halogens is 2. The number of hydrogen-bond donors (Lipinski definition) is 0. The van der Waals surface area contributed by atoms with Gasteiger partial charge < -0.3 is 0 Å². The van der Waals surface area contributed by atoms with E-state index in [1.54, 1.807) is 24.3 Å². The van der Waals surface area contributed by atoms with Crippen molar-refractivity contribution in [1.82, 2.24) is 14.8 Å². The second-order valence-electron chi connectivity index (χ2n) is 3.14. The molecule has 0 atom stereocenters. The molecule has 82 valence electrons. The number of Topliss-reactive ketones (excluding diaryl/α,β-unsaturated/α-hetero) is 1. The van der Waals surface area contributed by atoms with E-state index >= 15 is 0 Å². The van der Waals surface area contributed by atoms with Crippen LogP contribution in [-0.2, 0) is 6.54 Å². The van der Waals surface area contributed by atoms with Gasteiger partial charge in [-0.2, -0.15) is 0 Å². The molecular formula is C10H7ClIN3O. The van der Waals surface area contributed by atoms with E-state index in [1.807, 2.05) is 22.6 Å². The molecule has 0 radical (unpaired) electrons. The highest BCUT2D eigenvalue weighted by Crippen LogP contribution is 2.10. The van der Waals surface area contributed by atoms with Gasteiger partial charge in [0.05, 0.1) is 0 Å². The van der Waals surface area contributed by atoms with Crippen LogP contribution in [0.1, 0.15) is 10.4 Å². The molecule has 4 nitrogen and oxygen atoms in total. The molecule has 0 aliphatic heterocycles. The molecule has 0 bridgehead atoms. The highest BCUT2D eigenvalue weighted by molar-refractivity contribution is 14.1. The number of carbonyl (C=O) groups is 1. The van der Waals surface area contributed by atoms with Gasteiger partial charge in [-0.05, 0) is 24.3 Å². The summed E-state index contributed by atoms with van der Waals surface area (Å²) in [5.74, 6) is -0.0158. The van der Waals surface area contributed by atoms with Crippen molar-refractivity contribution in [2.75, 3.05) is 0 Å². The number of hydrogen-bond acceptors (Lipinski definition) is 3. The number of rotatable bonds is 3. The normalized spacial score (nSPS) is 10.4. The SMILES string of the molecule is O=C(Cn1cnc(I)n1)c1ccc(Cl)cc1. The second-order valence-corrected chi connectivity index (χ2v) is 4.54. The summed E-state index contributed by atoms with van der Waals surface area (Å²) in [6, 6.07) is 6.79. The van der Waals surface area contributed by atoms with Crippen molar-refractivity contribution in [3.8, 4) is 0 Å². The molecule has 0 aliphatic rings. The third-order valence-corrected chi connectivity index (χ3v) is 2.73. The summed E-state index contributed by atoms with van der Waals surface area (Å²) in [4.78, 5) is 15.7. The molecule has 0 aliphatic carbocycles. The zero-order valence-electron chi connectivity index (χ0n) is 8.10. The third-order valence-electron chi connectivity index (χ3n) is 1.98. The van der Waals surface area contributed by atoms with Gasteiger partial charge in [0.2, 0.25) is 3.83 Å². The summed E-state index contributed by atoms with van der Waals surface area (Å²) >= 11 is 7.73. The minimum Gasteiger partial charge on any atom is -0.292 e. The first-order valence-electron chi connectivity index (χ1n) is 4.49. The van der Waals surface area contributed by atoms with Crippen LogP contribution in [0.2, 0.25) is 5.02 Å². The van der Waals surface area contributed by atoms with Gasteiger partial charge in [-0.3, -0.25) is 4.79 Å². The van der Waals surface area contributed by atoms with Gasteiger partial charge >= 0.3 is 0 Å². The molecule has 0 saturated carbocycles. The zero-order chi connectivity index (χ0) is 11.5. The van der Waals surface area contributed by atoms with Crippen molar-refractivity contribution in [2.45, 2.75) is 6.54 Å². The number of aromatic nitrogens is 3. The van der Waals surface area contributed by atoms with Crippen LogP contribution in [-0.4, -0.2) is 20.5 Å². The van der Waals surface area contributed by atoms with Crippen LogP contribution < -0.4 is 0 Å². The number of carbonyl (C=O) groups excluding carboxylic acids is 1. The van der Waals surface area contributed by atoms with Gasteiger partial charge in [0.25, 0.3) is 0 Å². The van der Waals surface area contributed by atoms with Crippen molar-refractivity contribution in [1.29, 1.82) is 0 Å². The van der Waals surface area contributed by atoms with Crippen LogP contribution in [0.3, 0.4) is 0 Å². The summed E-state index contributed by atoms with van der Waals surface area (Å²) in [7, 11) is 0. The molecular weight excluding hydrogens is 340 g/mol. The molecule has 0 N–H and O–H groups in total. The van der Waals surface area contributed by atoms with E-state index in [0.717, 1.165) is 0 Å². The maximum absolute atomic E-state index is 11.8. The lowest BCUT2D eigenvalue weighted by Gasteiger charge is -2.00. The van der Waals surface area contributed by atoms with Gasteiger partial charge in [0, 0.05) is 33.2 Å². The first-order valence-corrected chi connectivity index (χ1v) is 5.94. The predicted molar refractivity (Wildman–Crippen MR) is 68.5 cm³/mol. The largest absolute Gasteiger partial charge is 0.292 e. The quantitative estimate of drug-likeness (QED) is 0.633. The molecule has 1 aromatic heterocycles. The molecule has 6 heteroatoms. The highest BCUT2D eigenvalue weighted by atomic mass is 127. The maximum atomic E-state index is 11.8. The Hall–Kier alpha value is -0.950. The topological polar surface area (TPSA) is 47.8 Å². The fourth-order valence-corrected chi connectivity index (χ4v) is 1.75. The van der Waals surface area contributed by atoms with E-state index in [9.17, 15) is 4.79 Å². The predicted octanol–water partition coefficient (Wildman–Crippen LogP) is 2.42. The van der Waals surface area contributed by atoms with Crippen LogP contribution >= 0.6 is 34.2 Å². The van der Waals surface area contributed by atoms with E-state index in [2.05, 4.69) is 10.1 Å². The molecule has 16 heavy (non-hydrogen) atoms. The Morgan fingerprint density at radius 2 is 2.06 bits per heavy atom. The van der Waals surface area contributed by atoms with E-state index in [4.69, 9.17) is 11.6 Å². The van der Waals surface area contributed by atoms with E-state index < -0.39 is 0 Å². The van der Waals surface area contributed by atoms with Crippen LogP contribution in [0.25, 0.3) is 0 Å². The summed E-state index contributed by atoms with van der Waals surface area (Å²) in [5.41, 5.74) is 0.620. The van der Waals surface area contributed by atoms with Crippen LogP contribution in [0.4, 0.5) is 0 Å². The van der Waals surface area contributed by atoms with Crippen molar-refractivity contribution in [3.05, 3.63) is 45.0 Å². The van der Waals surface area contributed by atoms with E-state index in [-0.39, 0.29) is 12.3 Å². The molecule has 2 rings (SSSR count). The van der Waals surface area contributed by atoms with Crippen molar-refractivity contribution in [2.24, 2.45) is 0 Å². The summed E-state index contributed by atoms with van der Waals surface area (Å²) in [6.07, 6.45) is 1.54. The van der Waals surface area contributed by atoms with Crippen LogP contribution in [0.15, 0.2) is 30.6 Å². The Morgan fingerprint density at radius 3 is 2.62 bits per heavy atom. The lowest BCUT2D eigenvalue weighted by Crippen LogP contribution is -2.10. The minimum absolute atomic E-state index is 0.0158. The van der Waals surface area contributed by atoms with Crippen molar-refractivity contribution >= 4 is 40.0 Å². The second kappa shape index (κ2) is 4.92. The summed E-state index contributed by atoms with van der Waals surface area (Å²) in [5, 5.41) is 4.66. The van der Waals surface area contributed by atoms with Gasteiger partial charge in [-0.1, -0.05) is 11.6 Å². The smallest absolute Gasteiger partial charge is 0.211 e. The summed E-state index contributed by atoms with van der Waals surface area (Å²) < 4.78 is 2.14. The van der Waals surface area contributed by atoms with Crippen molar-refractivity contribution in [3.63, 3.8) is 0 Å². The average molecular weight is 348 g/mol. The third kappa shape index (κ3) is 2.79.